The summed E-state index contributed by atoms with van der Waals surface area (Å²) in [7, 11) is 0. The standard InChI is InChI=1S/C25H42O3/c1-15(2)21(27)8-6-16-5-7-19-23-20(10-12-24(16,19)3)25(4)11-9-18(26)13-17(25)14-22(23)28/h15-17,19-23,27-28H,5-14H2,1-4H3/t16?,17-,19?,20?,21-,22-,23?,24-,25+/m1/s1. The SMILES string of the molecule is CC(C)[C@H](O)CCC1CCC2C3C(CC[C@]12C)[C@@]1(C)CCC(=O)C[C@@H]1C[C@H]3O. The van der Waals surface area contributed by atoms with Gasteiger partial charge in [-0.15, -0.1) is 0 Å². The van der Waals surface area contributed by atoms with Crippen molar-refractivity contribution < 1.29 is 15.0 Å². The van der Waals surface area contributed by atoms with Crippen molar-refractivity contribution in [3.8, 4) is 0 Å². The van der Waals surface area contributed by atoms with Gasteiger partial charge in [0.2, 0.25) is 0 Å². The zero-order valence-corrected chi connectivity index (χ0v) is 18.5. The van der Waals surface area contributed by atoms with Gasteiger partial charge in [0.25, 0.3) is 0 Å². The smallest absolute Gasteiger partial charge is 0.133 e. The lowest BCUT2D eigenvalue weighted by Crippen LogP contribution is -2.58. The van der Waals surface area contributed by atoms with Gasteiger partial charge in [0, 0.05) is 12.8 Å². The van der Waals surface area contributed by atoms with Crippen molar-refractivity contribution in [1.82, 2.24) is 0 Å². The summed E-state index contributed by atoms with van der Waals surface area (Å²) in [4.78, 5) is 12.1. The van der Waals surface area contributed by atoms with Crippen LogP contribution in [0, 0.1) is 46.3 Å². The summed E-state index contributed by atoms with van der Waals surface area (Å²) in [6.45, 7) is 9.17. The van der Waals surface area contributed by atoms with Crippen molar-refractivity contribution in [2.75, 3.05) is 0 Å². The largest absolute Gasteiger partial charge is 0.393 e. The fourth-order valence-electron chi connectivity index (χ4n) is 8.30. The van der Waals surface area contributed by atoms with Gasteiger partial charge in [0.1, 0.15) is 5.78 Å². The molecule has 4 fully saturated rings. The second-order valence-electron chi connectivity index (χ2n) is 11.7. The minimum atomic E-state index is -0.224. The van der Waals surface area contributed by atoms with Gasteiger partial charge in [-0.05, 0) is 97.7 Å². The monoisotopic (exact) mass is 390 g/mol. The van der Waals surface area contributed by atoms with Crippen molar-refractivity contribution in [2.45, 2.75) is 104 Å². The van der Waals surface area contributed by atoms with Crippen molar-refractivity contribution >= 4 is 5.78 Å². The summed E-state index contributed by atoms with van der Waals surface area (Å²) in [6, 6.07) is 0. The van der Waals surface area contributed by atoms with Gasteiger partial charge in [0.05, 0.1) is 12.2 Å². The van der Waals surface area contributed by atoms with Crippen LogP contribution in [0.3, 0.4) is 0 Å². The van der Waals surface area contributed by atoms with Crippen LogP contribution in [0.15, 0.2) is 0 Å². The molecule has 4 unspecified atom stereocenters. The van der Waals surface area contributed by atoms with Crippen LogP contribution < -0.4 is 0 Å². The Bertz CT molecular complexity index is 601. The predicted octanol–water partition coefficient (Wildman–Crippen LogP) is 4.98. The van der Waals surface area contributed by atoms with Gasteiger partial charge < -0.3 is 10.2 Å². The molecule has 0 aromatic carbocycles. The van der Waals surface area contributed by atoms with E-state index in [-0.39, 0.29) is 17.6 Å². The molecule has 3 heteroatoms. The average Bonchev–Trinajstić information content (AvgIpc) is 2.97. The minimum Gasteiger partial charge on any atom is -0.393 e. The highest BCUT2D eigenvalue weighted by Gasteiger charge is 2.62. The molecule has 28 heavy (non-hydrogen) atoms. The van der Waals surface area contributed by atoms with E-state index in [1.807, 2.05) is 0 Å². The molecule has 0 radical (unpaired) electrons. The lowest BCUT2D eigenvalue weighted by molar-refractivity contribution is -0.167. The van der Waals surface area contributed by atoms with E-state index in [0.29, 0.717) is 53.1 Å². The maximum Gasteiger partial charge on any atom is 0.133 e. The summed E-state index contributed by atoms with van der Waals surface area (Å²) in [5, 5.41) is 21.5. The molecule has 0 amide bonds. The number of aliphatic hydroxyl groups is 2. The number of hydrogen-bond acceptors (Lipinski definition) is 3. The van der Waals surface area contributed by atoms with E-state index >= 15 is 0 Å². The molecule has 0 saturated heterocycles. The van der Waals surface area contributed by atoms with E-state index in [1.165, 1.54) is 25.7 Å². The van der Waals surface area contributed by atoms with E-state index in [4.69, 9.17) is 0 Å². The molecule has 2 N–H and O–H groups in total. The van der Waals surface area contributed by atoms with E-state index in [2.05, 4.69) is 27.7 Å². The Labute approximate surface area is 171 Å². The first-order valence-electron chi connectivity index (χ1n) is 12.0. The molecule has 0 heterocycles. The Morgan fingerprint density at radius 3 is 2.50 bits per heavy atom. The van der Waals surface area contributed by atoms with Gasteiger partial charge in [-0.1, -0.05) is 27.7 Å². The van der Waals surface area contributed by atoms with Crippen LogP contribution in [0.4, 0.5) is 0 Å². The van der Waals surface area contributed by atoms with Crippen molar-refractivity contribution in [1.29, 1.82) is 0 Å². The van der Waals surface area contributed by atoms with Gasteiger partial charge in [-0.3, -0.25) is 4.79 Å². The second kappa shape index (κ2) is 7.38. The molecule has 160 valence electrons. The van der Waals surface area contributed by atoms with Crippen molar-refractivity contribution in [3.63, 3.8) is 0 Å². The first kappa shape index (κ1) is 20.8. The highest BCUT2D eigenvalue weighted by molar-refractivity contribution is 5.79. The lowest BCUT2D eigenvalue weighted by atomic mass is 9.44. The Balaban J connectivity index is 1.52. The normalized spacial score (nSPS) is 49.5. The van der Waals surface area contributed by atoms with Gasteiger partial charge in [-0.2, -0.15) is 0 Å². The Hall–Kier alpha value is -0.410. The van der Waals surface area contributed by atoms with E-state index in [1.54, 1.807) is 0 Å². The predicted molar refractivity (Wildman–Crippen MR) is 112 cm³/mol. The minimum absolute atomic E-state index is 0.182. The van der Waals surface area contributed by atoms with Gasteiger partial charge >= 0.3 is 0 Å². The molecule has 0 aromatic rings. The Morgan fingerprint density at radius 2 is 1.79 bits per heavy atom. The molecule has 4 rings (SSSR count). The third-order valence-electron chi connectivity index (χ3n) is 10.3. The third kappa shape index (κ3) is 3.20. The number of carbonyl (C=O) groups is 1. The molecule has 4 aliphatic rings. The number of ketones is 1. The van der Waals surface area contributed by atoms with Crippen LogP contribution in [0.2, 0.25) is 0 Å². The molecular formula is C25H42O3. The maximum absolute atomic E-state index is 12.1. The molecule has 0 spiro atoms. The van der Waals surface area contributed by atoms with Gasteiger partial charge in [-0.25, -0.2) is 0 Å². The lowest BCUT2D eigenvalue weighted by Gasteiger charge is -2.61. The molecule has 0 bridgehead atoms. The van der Waals surface area contributed by atoms with Crippen LogP contribution in [0.25, 0.3) is 0 Å². The van der Waals surface area contributed by atoms with Crippen LogP contribution >= 0.6 is 0 Å². The van der Waals surface area contributed by atoms with Crippen molar-refractivity contribution in [3.05, 3.63) is 0 Å². The third-order valence-corrected chi connectivity index (χ3v) is 10.3. The number of aliphatic hydroxyl groups excluding tert-OH is 2. The number of Topliss-reactive ketones (excluding diaryl/α,β-unsaturated/α-hetero) is 1. The summed E-state index contributed by atoms with van der Waals surface area (Å²) < 4.78 is 0. The Kier molecular flexibility index (Phi) is 5.49. The highest BCUT2D eigenvalue weighted by atomic mass is 16.3. The Morgan fingerprint density at radius 1 is 1.07 bits per heavy atom. The first-order chi connectivity index (χ1) is 13.2. The molecular weight excluding hydrogens is 348 g/mol. The fourth-order valence-corrected chi connectivity index (χ4v) is 8.30. The van der Waals surface area contributed by atoms with E-state index in [0.717, 1.165) is 32.1 Å². The van der Waals surface area contributed by atoms with Crippen LogP contribution in [-0.2, 0) is 4.79 Å². The molecule has 0 aliphatic heterocycles. The van der Waals surface area contributed by atoms with E-state index < -0.39 is 0 Å². The zero-order valence-electron chi connectivity index (χ0n) is 18.5. The summed E-state index contributed by atoms with van der Waals surface area (Å²) >= 11 is 0. The molecule has 3 nitrogen and oxygen atoms in total. The number of carbonyl (C=O) groups excluding carboxylic acids is 1. The zero-order chi connectivity index (χ0) is 20.3. The van der Waals surface area contributed by atoms with Crippen LogP contribution in [0.5, 0.6) is 0 Å². The average molecular weight is 391 g/mol. The van der Waals surface area contributed by atoms with E-state index in [9.17, 15) is 15.0 Å². The fraction of sp³-hybridized carbons (Fsp3) is 0.960. The van der Waals surface area contributed by atoms with Crippen LogP contribution in [0.1, 0.15) is 91.9 Å². The molecule has 0 aromatic heterocycles. The second-order valence-corrected chi connectivity index (χ2v) is 11.7. The van der Waals surface area contributed by atoms with Crippen LogP contribution in [-0.4, -0.2) is 28.2 Å². The number of hydrogen-bond donors (Lipinski definition) is 2. The highest BCUT2D eigenvalue weighted by Crippen LogP contribution is 2.67. The summed E-state index contributed by atoms with van der Waals surface area (Å²) in [5.41, 5.74) is 0.581. The maximum atomic E-state index is 12.1. The summed E-state index contributed by atoms with van der Waals surface area (Å²) in [6.07, 6.45) is 9.98. The molecule has 9 atom stereocenters. The molecule has 4 saturated carbocycles. The number of rotatable bonds is 4. The first-order valence-corrected chi connectivity index (χ1v) is 12.0. The van der Waals surface area contributed by atoms with Gasteiger partial charge in [0.15, 0.2) is 0 Å². The topological polar surface area (TPSA) is 57.5 Å². The number of fused-ring (bicyclic) bond motifs is 5. The molecule has 4 aliphatic carbocycles. The quantitative estimate of drug-likeness (QED) is 0.711. The summed E-state index contributed by atoms with van der Waals surface area (Å²) in [5.74, 6) is 3.48. The van der Waals surface area contributed by atoms with Crippen molar-refractivity contribution in [2.24, 2.45) is 46.3 Å².